The third kappa shape index (κ3) is 6.02. The fraction of sp³-hybridized carbons (Fsp3) is 0.933. The number of amides is 1. The van der Waals surface area contributed by atoms with Crippen molar-refractivity contribution in [3.8, 4) is 0 Å². The maximum Gasteiger partial charge on any atom is 0.227 e. The van der Waals surface area contributed by atoms with Gasteiger partial charge in [-0.3, -0.25) is 9.69 Å². The van der Waals surface area contributed by atoms with Crippen molar-refractivity contribution in [2.45, 2.75) is 39.7 Å². The SMILES string of the molecule is CN(CC[C@H]1CN(CCCS)CCO1)C(=O)C(C)(C)C. The van der Waals surface area contributed by atoms with Gasteiger partial charge >= 0.3 is 0 Å². The van der Waals surface area contributed by atoms with Crippen LogP contribution < -0.4 is 0 Å². The Bertz CT molecular complexity index is 305. The number of hydrogen-bond donors (Lipinski definition) is 1. The average Bonchev–Trinajstić information content (AvgIpc) is 2.41. The molecule has 1 rings (SSSR count). The quantitative estimate of drug-likeness (QED) is 0.761. The van der Waals surface area contributed by atoms with Gasteiger partial charge in [-0.05, 0) is 25.1 Å². The molecule has 1 aliphatic rings. The Balaban J connectivity index is 2.32. The standard InChI is InChI=1S/C15H30N2O2S/c1-15(2,3)14(18)16(4)8-6-13-12-17(7-5-11-20)9-10-19-13/h13,20H,5-12H2,1-4H3/t13-/m0/s1. The van der Waals surface area contributed by atoms with Crippen LogP contribution in [0.2, 0.25) is 0 Å². The molecule has 0 aliphatic carbocycles. The van der Waals surface area contributed by atoms with E-state index in [2.05, 4.69) is 17.5 Å². The summed E-state index contributed by atoms with van der Waals surface area (Å²) in [5.41, 5.74) is -0.305. The highest BCUT2D eigenvalue weighted by Gasteiger charge is 2.26. The molecule has 1 aliphatic heterocycles. The van der Waals surface area contributed by atoms with Gasteiger partial charge in [0.15, 0.2) is 0 Å². The van der Waals surface area contributed by atoms with E-state index < -0.39 is 0 Å². The summed E-state index contributed by atoms with van der Waals surface area (Å²) in [5.74, 6) is 1.13. The second-order valence-electron chi connectivity index (χ2n) is 6.64. The molecule has 20 heavy (non-hydrogen) atoms. The van der Waals surface area contributed by atoms with Gasteiger partial charge in [-0.25, -0.2) is 0 Å². The summed E-state index contributed by atoms with van der Waals surface area (Å²) >= 11 is 4.26. The molecule has 0 aromatic carbocycles. The monoisotopic (exact) mass is 302 g/mol. The fourth-order valence-corrected chi connectivity index (χ4v) is 2.61. The number of morpholine rings is 1. The average molecular weight is 302 g/mol. The second kappa shape index (κ2) is 8.25. The van der Waals surface area contributed by atoms with E-state index in [0.29, 0.717) is 0 Å². The van der Waals surface area contributed by atoms with Gasteiger partial charge in [-0.15, -0.1) is 0 Å². The Morgan fingerprint density at radius 2 is 2.15 bits per heavy atom. The van der Waals surface area contributed by atoms with E-state index in [4.69, 9.17) is 4.74 Å². The third-order valence-corrected chi connectivity index (χ3v) is 3.95. The Labute approximate surface area is 129 Å². The van der Waals surface area contributed by atoms with Gasteiger partial charge in [0.1, 0.15) is 0 Å². The Morgan fingerprint density at radius 3 is 2.75 bits per heavy atom. The molecule has 1 heterocycles. The lowest BCUT2D eigenvalue weighted by Crippen LogP contribution is -2.45. The molecule has 0 radical (unpaired) electrons. The van der Waals surface area contributed by atoms with Crippen LogP contribution in [-0.2, 0) is 9.53 Å². The van der Waals surface area contributed by atoms with Crippen LogP contribution in [0.3, 0.4) is 0 Å². The second-order valence-corrected chi connectivity index (χ2v) is 7.08. The van der Waals surface area contributed by atoms with Crippen LogP contribution in [0.5, 0.6) is 0 Å². The Hall–Kier alpha value is -0.260. The van der Waals surface area contributed by atoms with Crippen molar-refractivity contribution in [1.82, 2.24) is 9.80 Å². The largest absolute Gasteiger partial charge is 0.375 e. The van der Waals surface area contributed by atoms with Crippen molar-refractivity contribution in [3.05, 3.63) is 0 Å². The molecule has 1 fully saturated rings. The molecular formula is C15H30N2O2S. The molecule has 0 aromatic heterocycles. The first-order valence-electron chi connectivity index (χ1n) is 7.55. The maximum atomic E-state index is 12.1. The first-order valence-corrected chi connectivity index (χ1v) is 8.18. The molecule has 1 atom stereocenters. The summed E-state index contributed by atoms with van der Waals surface area (Å²) in [5, 5.41) is 0. The van der Waals surface area contributed by atoms with Crippen LogP contribution in [0.15, 0.2) is 0 Å². The van der Waals surface area contributed by atoms with Crippen LogP contribution >= 0.6 is 12.6 Å². The third-order valence-electron chi connectivity index (χ3n) is 3.63. The number of hydrogen-bond acceptors (Lipinski definition) is 4. The molecule has 1 amide bonds. The minimum Gasteiger partial charge on any atom is -0.375 e. The Kier molecular flexibility index (Phi) is 7.34. The highest BCUT2D eigenvalue weighted by atomic mass is 32.1. The van der Waals surface area contributed by atoms with Gasteiger partial charge < -0.3 is 9.64 Å². The number of nitrogens with zero attached hydrogens (tertiary/aromatic N) is 2. The summed E-state index contributed by atoms with van der Waals surface area (Å²) in [4.78, 5) is 16.4. The van der Waals surface area contributed by atoms with E-state index in [0.717, 1.165) is 51.4 Å². The number of ether oxygens (including phenoxy) is 1. The van der Waals surface area contributed by atoms with Crippen LogP contribution in [0.25, 0.3) is 0 Å². The van der Waals surface area contributed by atoms with E-state index in [9.17, 15) is 4.79 Å². The molecule has 0 spiro atoms. The van der Waals surface area contributed by atoms with Crippen LogP contribution in [0.1, 0.15) is 33.6 Å². The molecule has 1 saturated heterocycles. The van der Waals surface area contributed by atoms with Crippen LogP contribution in [-0.4, -0.2) is 67.4 Å². The van der Waals surface area contributed by atoms with Crippen molar-refractivity contribution in [3.63, 3.8) is 0 Å². The van der Waals surface area contributed by atoms with Crippen molar-refractivity contribution < 1.29 is 9.53 Å². The van der Waals surface area contributed by atoms with Crippen molar-refractivity contribution in [1.29, 1.82) is 0 Å². The van der Waals surface area contributed by atoms with Crippen LogP contribution in [0.4, 0.5) is 0 Å². The van der Waals surface area contributed by atoms with Crippen molar-refractivity contribution in [2.24, 2.45) is 5.41 Å². The van der Waals surface area contributed by atoms with Crippen molar-refractivity contribution in [2.75, 3.05) is 45.6 Å². The molecule has 118 valence electrons. The molecule has 0 saturated carbocycles. The first-order chi connectivity index (χ1) is 9.34. The van der Waals surface area contributed by atoms with Gasteiger partial charge in [0.2, 0.25) is 5.91 Å². The fourth-order valence-electron chi connectivity index (χ4n) is 2.46. The van der Waals surface area contributed by atoms with E-state index in [1.807, 2.05) is 32.7 Å². The van der Waals surface area contributed by atoms with Crippen molar-refractivity contribution >= 4 is 18.5 Å². The summed E-state index contributed by atoms with van der Waals surface area (Å²) < 4.78 is 5.81. The summed E-state index contributed by atoms with van der Waals surface area (Å²) in [6.07, 6.45) is 2.28. The van der Waals surface area contributed by atoms with Gasteiger partial charge in [-0.2, -0.15) is 12.6 Å². The summed E-state index contributed by atoms with van der Waals surface area (Å²) in [7, 11) is 1.88. The van der Waals surface area contributed by atoms with E-state index in [-0.39, 0.29) is 17.4 Å². The Morgan fingerprint density at radius 1 is 1.45 bits per heavy atom. The normalized spacial score (nSPS) is 20.9. The molecular weight excluding hydrogens is 272 g/mol. The molecule has 5 heteroatoms. The van der Waals surface area contributed by atoms with Gasteiger partial charge in [0.05, 0.1) is 12.7 Å². The molecule has 0 bridgehead atoms. The minimum absolute atomic E-state index is 0.195. The van der Waals surface area contributed by atoms with E-state index in [1.165, 1.54) is 0 Å². The summed E-state index contributed by atoms with van der Waals surface area (Å²) in [6, 6.07) is 0. The highest BCUT2D eigenvalue weighted by molar-refractivity contribution is 7.80. The molecule has 0 unspecified atom stereocenters. The zero-order valence-corrected chi connectivity index (χ0v) is 14.3. The lowest BCUT2D eigenvalue weighted by Gasteiger charge is -2.34. The number of rotatable bonds is 6. The van der Waals surface area contributed by atoms with Gasteiger partial charge in [0.25, 0.3) is 0 Å². The minimum atomic E-state index is -0.305. The van der Waals surface area contributed by atoms with E-state index >= 15 is 0 Å². The topological polar surface area (TPSA) is 32.8 Å². The molecule has 4 nitrogen and oxygen atoms in total. The predicted octanol–water partition coefficient (Wildman–Crippen LogP) is 1.90. The van der Waals surface area contributed by atoms with Crippen LogP contribution in [0, 0.1) is 5.41 Å². The van der Waals surface area contributed by atoms with Gasteiger partial charge in [0, 0.05) is 32.1 Å². The lowest BCUT2D eigenvalue weighted by atomic mass is 9.95. The maximum absolute atomic E-state index is 12.1. The summed E-state index contributed by atoms with van der Waals surface area (Å²) in [6.45, 7) is 10.5. The smallest absolute Gasteiger partial charge is 0.227 e. The number of carbonyl (C=O) groups excluding carboxylic acids is 1. The highest BCUT2D eigenvalue weighted by Crippen LogP contribution is 2.17. The zero-order valence-electron chi connectivity index (χ0n) is 13.4. The number of thiol groups is 1. The predicted molar refractivity (Wildman–Crippen MR) is 86.4 cm³/mol. The molecule has 0 N–H and O–H groups in total. The first kappa shape index (κ1) is 17.8. The van der Waals surface area contributed by atoms with E-state index in [1.54, 1.807) is 0 Å². The zero-order chi connectivity index (χ0) is 15.2. The van der Waals surface area contributed by atoms with Gasteiger partial charge in [-0.1, -0.05) is 20.8 Å². The molecule has 0 aromatic rings. The number of carbonyl (C=O) groups is 1. The lowest BCUT2D eigenvalue weighted by molar-refractivity contribution is -0.138.